The van der Waals surface area contributed by atoms with Gasteiger partial charge in [0.15, 0.2) is 18.1 Å². The van der Waals surface area contributed by atoms with Crippen molar-refractivity contribution in [2.45, 2.75) is 6.42 Å². The second-order valence-corrected chi connectivity index (χ2v) is 9.21. The van der Waals surface area contributed by atoms with Crippen LogP contribution >= 0.6 is 34.4 Å². The van der Waals surface area contributed by atoms with Crippen LogP contribution in [0.5, 0.6) is 11.5 Å². The van der Waals surface area contributed by atoms with Crippen LogP contribution in [0.25, 0.3) is 6.08 Å². The molecular formula is C23H22FIN2O6S. The Bertz CT molecular complexity index is 1110. The zero-order chi connectivity index (χ0) is 24.7. The molecule has 3 amide bonds. The molecule has 0 aliphatic carbocycles. The second-order valence-electron chi connectivity index (χ2n) is 7.06. The molecule has 1 aliphatic rings. The number of nitrogens with one attached hydrogen (secondary N) is 1. The number of carbonyl (C=O) groups is 3. The smallest absolute Gasteiger partial charge is 0.293 e. The van der Waals surface area contributed by atoms with Gasteiger partial charge in [-0.05, 0) is 88.8 Å². The maximum atomic E-state index is 13.0. The summed E-state index contributed by atoms with van der Waals surface area (Å²) in [6.45, 7) is 0.465. The fourth-order valence-electron chi connectivity index (χ4n) is 3.04. The van der Waals surface area contributed by atoms with Gasteiger partial charge in [0, 0.05) is 25.9 Å². The molecule has 0 bridgehead atoms. The van der Waals surface area contributed by atoms with Gasteiger partial charge < -0.3 is 19.5 Å². The van der Waals surface area contributed by atoms with Crippen molar-refractivity contribution in [3.63, 3.8) is 0 Å². The van der Waals surface area contributed by atoms with Crippen molar-refractivity contribution in [1.82, 2.24) is 4.90 Å². The monoisotopic (exact) mass is 600 g/mol. The number of thioether (sulfide) groups is 1. The molecule has 0 radical (unpaired) electrons. The summed E-state index contributed by atoms with van der Waals surface area (Å²) in [7, 11) is 3.03. The molecule has 1 N–H and O–H groups in total. The van der Waals surface area contributed by atoms with Crippen LogP contribution in [0.15, 0.2) is 41.3 Å². The van der Waals surface area contributed by atoms with Gasteiger partial charge in [-0.15, -0.1) is 0 Å². The first-order chi connectivity index (χ1) is 16.3. The number of methoxy groups -OCH3 is 2. The molecule has 180 valence electrons. The van der Waals surface area contributed by atoms with Gasteiger partial charge in [-0.2, -0.15) is 0 Å². The van der Waals surface area contributed by atoms with Gasteiger partial charge in [-0.3, -0.25) is 19.3 Å². The van der Waals surface area contributed by atoms with E-state index in [1.54, 1.807) is 25.3 Å². The highest BCUT2D eigenvalue weighted by Crippen LogP contribution is 2.37. The van der Waals surface area contributed by atoms with Crippen LogP contribution < -0.4 is 14.8 Å². The molecule has 1 saturated heterocycles. The zero-order valence-corrected chi connectivity index (χ0v) is 21.4. The van der Waals surface area contributed by atoms with E-state index in [-0.39, 0.29) is 17.8 Å². The Morgan fingerprint density at radius 3 is 2.62 bits per heavy atom. The minimum atomic E-state index is -0.421. The van der Waals surface area contributed by atoms with E-state index in [1.807, 2.05) is 22.6 Å². The summed E-state index contributed by atoms with van der Waals surface area (Å²) >= 11 is 2.92. The molecule has 0 unspecified atom stereocenters. The Hall–Kier alpha value is -2.64. The van der Waals surface area contributed by atoms with Crippen LogP contribution in [0.1, 0.15) is 12.0 Å². The molecule has 8 nitrogen and oxygen atoms in total. The highest BCUT2D eigenvalue weighted by atomic mass is 127. The number of ether oxygens (including phenoxy) is 3. The fourth-order valence-corrected chi connectivity index (χ4v) is 4.69. The SMILES string of the molecule is COCCCN1C(=O)S/C(=C/c2cc(I)c(OCC(=O)Nc3ccc(F)cc3)c(OC)c2)C1=O. The van der Waals surface area contributed by atoms with Gasteiger partial charge in [0.25, 0.3) is 17.1 Å². The Kier molecular flexibility index (Phi) is 9.30. The van der Waals surface area contributed by atoms with E-state index in [4.69, 9.17) is 14.2 Å². The van der Waals surface area contributed by atoms with E-state index < -0.39 is 11.7 Å². The van der Waals surface area contributed by atoms with Gasteiger partial charge >= 0.3 is 0 Å². The number of halogens is 2. The maximum absolute atomic E-state index is 13.0. The lowest BCUT2D eigenvalue weighted by molar-refractivity contribution is -0.123. The minimum absolute atomic E-state index is 0.288. The van der Waals surface area contributed by atoms with Gasteiger partial charge in [-0.1, -0.05) is 0 Å². The van der Waals surface area contributed by atoms with Crippen LogP contribution in [-0.4, -0.2) is 55.9 Å². The number of imide groups is 1. The number of benzene rings is 2. The number of rotatable bonds is 10. The van der Waals surface area contributed by atoms with Crippen molar-refractivity contribution in [3.05, 3.63) is 56.3 Å². The molecule has 0 saturated carbocycles. The van der Waals surface area contributed by atoms with Crippen LogP contribution in [0.4, 0.5) is 14.9 Å². The number of carbonyl (C=O) groups excluding carboxylic acids is 3. The third kappa shape index (κ3) is 6.70. The first kappa shape index (κ1) is 26.0. The number of nitrogens with zero attached hydrogens (tertiary/aromatic N) is 1. The summed E-state index contributed by atoms with van der Waals surface area (Å²) < 4.78 is 29.7. The summed E-state index contributed by atoms with van der Waals surface area (Å²) in [4.78, 5) is 38.5. The number of hydrogen-bond acceptors (Lipinski definition) is 7. The fraction of sp³-hybridized carbons (Fsp3) is 0.261. The summed E-state index contributed by atoms with van der Waals surface area (Å²) in [5.41, 5.74) is 1.09. The topological polar surface area (TPSA) is 94.2 Å². The summed E-state index contributed by atoms with van der Waals surface area (Å²) in [6.07, 6.45) is 2.19. The number of anilines is 1. The van der Waals surface area contributed by atoms with Crippen molar-refractivity contribution in [3.8, 4) is 11.5 Å². The molecule has 2 aromatic carbocycles. The van der Waals surface area contributed by atoms with E-state index in [2.05, 4.69) is 5.32 Å². The van der Waals surface area contributed by atoms with Gasteiger partial charge in [0.05, 0.1) is 15.6 Å². The Morgan fingerprint density at radius 1 is 1.21 bits per heavy atom. The summed E-state index contributed by atoms with van der Waals surface area (Å²) in [5, 5.41) is 2.30. The van der Waals surface area contributed by atoms with Crippen LogP contribution in [0.3, 0.4) is 0 Å². The highest BCUT2D eigenvalue weighted by Gasteiger charge is 2.34. The van der Waals surface area contributed by atoms with Gasteiger partial charge in [0.2, 0.25) is 0 Å². The Labute approximate surface area is 213 Å². The van der Waals surface area contributed by atoms with Crippen molar-refractivity contribution in [2.24, 2.45) is 0 Å². The molecule has 0 atom stereocenters. The Morgan fingerprint density at radius 2 is 1.94 bits per heavy atom. The summed E-state index contributed by atoms with van der Waals surface area (Å²) in [5.74, 6) is -0.438. The molecular weight excluding hydrogens is 578 g/mol. The van der Waals surface area contributed by atoms with Crippen LogP contribution in [0, 0.1) is 9.39 Å². The molecule has 1 aliphatic heterocycles. The van der Waals surface area contributed by atoms with Crippen LogP contribution in [0.2, 0.25) is 0 Å². The maximum Gasteiger partial charge on any atom is 0.293 e. The predicted octanol–water partition coefficient (Wildman–Crippen LogP) is 4.53. The average Bonchev–Trinajstić information content (AvgIpc) is 3.07. The zero-order valence-electron chi connectivity index (χ0n) is 18.4. The lowest BCUT2D eigenvalue weighted by atomic mass is 10.2. The lowest BCUT2D eigenvalue weighted by Crippen LogP contribution is -2.29. The first-order valence-electron chi connectivity index (χ1n) is 10.1. The van der Waals surface area contributed by atoms with E-state index in [0.29, 0.717) is 50.8 Å². The normalized spacial score (nSPS) is 14.6. The largest absolute Gasteiger partial charge is 0.493 e. The number of hydrogen-bond donors (Lipinski definition) is 1. The van der Waals surface area contributed by atoms with Crippen molar-refractivity contribution in [2.75, 3.05) is 39.3 Å². The second kappa shape index (κ2) is 12.2. The first-order valence-corrected chi connectivity index (χ1v) is 12.0. The molecule has 1 heterocycles. The van der Waals surface area contributed by atoms with E-state index in [9.17, 15) is 18.8 Å². The van der Waals surface area contributed by atoms with Crippen molar-refractivity contribution < 1.29 is 33.0 Å². The van der Waals surface area contributed by atoms with E-state index in [0.717, 1.165) is 11.8 Å². The van der Waals surface area contributed by atoms with E-state index >= 15 is 0 Å². The van der Waals surface area contributed by atoms with Crippen molar-refractivity contribution >= 4 is 63.2 Å². The predicted molar refractivity (Wildman–Crippen MR) is 135 cm³/mol. The van der Waals surface area contributed by atoms with Gasteiger partial charge in [-0.25, -0.2) is 4.39 Å². The Balaban J connectivity index is 1.69. The lowest BCUT2D eigenvalue weighted by Gasteiger charge is -2.14. The van der Waals surface area contributed by atoms with Crippen LogP contribution in [-0.2, 0) is 14.3 Å². The van der Waals surface area contributed by atoms with Gasteiger partial charge in [0.1, 0.15) is 5.82 Å². The quantitative estimate of drug-likeness (QED) is 0.244. The molecule has 1 fully saturated rings. The standard InChI is InChI=1S/C23H22FIN2O6S/c1-31-9-3-8-27-22(29)19(34-23(27)30)12-14-10-17(25)21(18(11-14)32-2)33-13-20(28)26-16-6-4-15(24)5-7-16/h4-7,10-12H,3,8-9,13H2,1-2H3,(H,26,28)/b19-12+. The molecule has 0 aromatic heterocycles. The molecule has 34 heavy (non-hydrogen) atoms. The minimum Gasteiger partial charge on any atom is -0.493 e. The molecule has 0 spiro atoms. The number of amides is 3. The highest BCUT2D eigenvalue weighted by molar-refractivity contribution is 14.1. The molecule has 11 heteroatoms. The van der Waals surface area contributed by atoms with Crippen molar-refractivity contribution in [1.29, 1.82) is 0 Å². The molecule has 2 aromatic rings. The third-order valence-electron chi connectivity index (χ3n) is 4.63. The summed E-state index contributed by atoms with van der Waals surface area (Å²) in [6, 6.07) is 8.81. The van der Waals surface area contributed by atoms with E-state index in [1.165, 1.54) is 36.3 Å². The third-order valence-corrected chi connectivity index (χ3v) is 6.34. The molecule has 3 rings (SSSR count). The average molecular weight is 600 g/mol.